The van der Waals surface area contributed by atoms with Crippen molar-refractivity contribution in [3.05, 3.63) is 83.3 Å². The van der Waals surface area contributed by atoms with Crippen LogP contribution in [0, 0.1) is 0 Å². The summed E-state index contributed by atoms with van der Waals surface area (Å²) in [5.41, 5.74) is 4.81. The number of piperidine rings is 1. The Labute approximate surface area is 340 Å². The van der Waals surface area contributed by atoms with E-state index in [1.165, 1.54) is 12.8 Å². The fourth-order valence-corrected chi connectivity index (χ4v) is 8.28. The molecule has 5 N–H and O–H groups in total. The average Bonchev–Trinajstić information content (AvgIpc) is 3.99. The Morgan fingerprint density at radius 2 is 1.80 bits per heavy atom. The molecule has 16 heteroatoms. The van der Waals surface area contributed by atoms with E-state index in [0.717, 1.165) is 71.4 Å². The van der Waals surface area contributed by atoms with Crippen molar-refractivity contribution in [2.24, 2.45) is 0 Å². The molecular weight excluding hydrogens is 753 g/mol. The number of rotatable bonds is 16. The van der Waals surface area contributed by atoms with Gasteiger partial charge in [-0.1, -0.05) is 18.9 Å². The molecule has 0 saturated carbocycles. The van der Waals surface area contributed by atoms with Gasteiger partial charge in [0.05, 0.1) is 47.0 Å². The summed E-state index contributed by atoms with van der Waals surface area (Å²) in [6.07, 6.45) is 7.95. The second-order valence-electron chi connectivity index (χ2n) is 15.6. The molecule has 3 aliphatic heterocycles. The van der Waals surface area contributed by atoms with Crippen LogP contribution in [0.5, 0.6) is 0 Å². The monoisotopic (exact) mass is 800 g/mol. The van der Waals surface area contributed by atoms with Crippen LogP contribution in [0.3, 0.4) is 0 Å². The third-order valence-electron chi connectivity index (χ3n) is 11.5. The van der Waals surface area contributed by atoms with Crippen molar-refractivity contribution in [3.8, 4) is 0 Å². The molecule has 2 fully saturated rings. The van der Waals surface area contributed by atoms with Gasteiger partial charge in [-0.05, 0) is 94.1 Å². The highest BCUT2D eigenvalue weighted by Gasteiger charge is 2.45. The van der Waals surface area contributed by atoms with Gasteiger partial charge in [-0.3, -0.25) is 48.6 Å². The molecule has 5 heterocycles. The quantitative estimate of drug-likeness (QED) is 0.0686. The van der Waals surface area contributed by atoms with E-state index < -0.39 is 29.7 Å². The summed E-state index contributed by atoms with van der Waals surface area (Å²) in [5.74, 6) is -1.46. The second-order valence-corrected chi connectivity index (χ2v) is 15.6. The number of benzene rings is 3. The predicted octanol–water partition coefficient (Wildman–Crippen LogP) is 4.73. The van der Waals surface area contributed by atoms with Crippen LogP contribution in [0.2, 0.25) is 0 Å². The van der Waals surface area contributed by atoms with Crippen LogP contribution in [-0.4, -0.2) is 96.7 Å². The van der Waals surface area contributed by atoms with Crippen molar-refractivity contribution < 1.29 is 28.8 Å². The van der Waals surface area contributed by atoms with Crippen molar-refractivity contribution in [2.45, 2.75) is 89.9 Å². The van der Waals surface area contributed by atoms with Gasteiger partial charge in [0.1, 0.15) is 11.9 Å². The molecule has 0 spiro atoms. The van der Waals surface area contributed by atoms with Gasteiger partial charge >= 0.3 is 0 Å². The number of anilines is 2. The molecule has 3 aliphatic rings. The van der Waals surface area contributed by atoms with Crippen LogP contribution in [0.15, 0.2) is 60.8 Å². The molecule has 2 atom stereocenters. The Balaban J connectivity index is 0.737. The first kappa shape index (κ1) is 39.4. The fraction of sp³-hybridized carbons (Fsp3) is 0.395. The van der Waals surface area contributed by atoms with Gasteiger partial charge in [0.25, 0.3) is 17.7 Å². The highest BCUT2D eigenvalue weighted by Crippen LogP contribution is 2.32. The maximum Gasteiger partial charge on any atom is 0.264 e. The molecule has 59 heavy (non-hydrogen) atoms. The molecule has 1 unspecified atom stereocenters. The number of carbonyl (C=O) groups excluding carboxylic acids is 6. The number of fused-ring (bicyclic) bond motifs is 3. The van der Waals surface area contributed by atoms with E-state index in [2.05, 4.69) is 43.2 Å². The summed E-state index contributed by atoms with van der Waals surface area (Å²) in [7, 11) is 0. The maximum atomic E-state index is 13.3. The number of nitrogens with zero attached hydrogens (tertiary/aromatic N) is 5. The molecule has 6 amide bonds. The van der Waals surface area contributed by atoms with Gasteiger partial charge in [-0.15, -0.1) is 0 Å². The molecule has 8 rings (SSSR count). The minimum Gasteiger partial charge on any atom is -0.384 e. The zero-order valence-electron chi connectivity index (χ0n) is 33.0. The van der Waals surface area contributed by atoms with Gasteiger partial charge in [0.15, 0.2) is 0 Å². The van der Waals surface area contributed by atoms with Gasteiger partial charge in [0, 0.05) is 54.3 Å². The van der Waals surface area contributed by atoms with Crippen molar-refractivity contribution >= 4 is 68.8 Å². The number of likely N-dealkylation sites (tertiary alicyclic amines) is 1. The molecule has 2 aromatic heterocycles. The number of imidazole rings is 1. The fourth-order valence-electron chi connectivity index (χ4n) is 8.28. The van der Waals surface area contributed by atoms with Gasteiger partial charge < -0.3 is 20.9 Å². The smallest absolute Gasteiger partial charge is 0.264 e. The first-order valence-electron chi connectivity index (χ1n) is 20.5. The lowest BCUT2D eigenvalue weighted by Gasteiger charge is -2.27. The number of H-pyrrole nitrogens is 1. The summed E-state index contributed by atoms with van der Waals surface area (Å²) in [6.45, 7) is 5.58. The maximum absolute atomic E-state index is 13.3. The minimum atomic E-state index is -1.01. The third-order valence-corrected chi connectivity index (χ3v) is 11.5. The lowest BCUT2D eigenvalue weighted by atomic mass is 10.0. The van der Waals surface area contributed by atoms with Crippen LogP contribution in [0.1, 0.15) is 102 Å². The average molecular weight is 801 g/mol. The Hall–Kier alpha value is -6.42. The molecular formula is C43H48N10O6. The lowest BCUT2D eigenvalue weighted by Crippen LogP contribution is -2.54. The van der Waals surface area contributed by atoms with E-state index in [1.54, 1.807) is 30.5 Å². The standard InChI is InChI=1S/C43H48N10O6/c1-26-8-7-20-51(26)25-36-48-31-14-13-29(23-33(31)49-36)47-40(56)27-12-15-34-28(22-27)24-46-52(34)21-19-45-37(54)11-4-2-3-5-18-44-32-10-6-9-30-39(32)43(59)53(42(30)58)35-16-17-38(55)50-41(35)57/h6,9-10,12-15,22-24,26,35,44H,2-5,7-8,11,16-21,25H2,1H3,(H,45,54)(H,47,56)(H,48,49)(H,50,55,57)/t26-,35?/m0/s1. The van der Waals surface area contributed by atoms with Crippen molar-refractivity contribution in [3.63, 3.8) is 0 Å². The molecule has 0 aliphatic carbocycles. The Bertz CT molecular complexity index is 2460. The zero-order chi connectivity index (χ0) is 41.0. The van der Waals surface area contributed by atoms with Crippen molar-refractivity contribution in [2.75, 3.05) is 30.3 Å². The summed E-state index contributed by atoms with van der Waals surface area (Å²) < 4.78 is 1.81. The third kappa shape index (κ3) is 8.58. The zero-order valence-corrected chi connectivity index (χ0v) is 33.0. The Morgan fingerprint density at radius 1 is 0.932 bits per heavy atom. The van der Waals surface area contributed by atoms with E-state index in [9.17, 15) is 28.8 Å². The van der Waals surface area contributed by atoms with Crippen LogP contribution in [0.25, 0.3) is 21.9 Å². The molecule has 306 valence electrons. The molecule has 0 bridgehead atoms. The summed E-state index contributed by atoms with van der Waals surface area (Å²) in [6, 6.07) is 15.7. The molecule has 16 nitrogen and oxygen atoms in total. The minimum absolute atomic E-state index is 0.0346. The van der Waals surface area contributed by atoms with Gasteiger partial charge in [-0.2, -0.15) is 5.10 Å². The highest BCUT2D eigenvalue weighted by atomic mass is 16.2. The number of imide groups is 2. The van der Waals surface area contributed by atoms with E-state index in [4.69, 9.17) is 4.98 Å². The lowest BCUT2D eigenvalue weighted by molar-refractivity contribution is -0.136. The van der Waals surface area contributed by atoms with E-state index in [0.29, 0.717) is 49.0 Å². The summed E-state index contributed by atoms with van der Waals surface area (Å²) in [4.78, 5) is 87.7. The topological polar surface area (TPSA) is 204 Å². The first-order valence-corrected chi connectivity index (χ1v) is 20.5. The summed E-state index contributed by atoms with van der Waals surface area (Å²) >= 11 is 0. The molecule has 2 saturated heterocycles. The van der Waals surface area contributed by atoms with Crippen molar-refractivity contribution in [1.29, 1.82) is 0 Å². The SMILES string of the molecule is C[C@H]1CCCN1Cc1nc2cc(NC(=O)c3ccc4c(cnn4CCNC(=O)CCCCCCNc4cccc5c4C(=O)N(C4CCC(=O)NC4=O)C5=O)c3)ccc2[nH]1. The van der Waals surface area contributed by atoms with E-state index >= 15 is 0 Å². The van der Waals surface area contributed by atoms with E-state index in [-0.39, 0.29) is 35.8 Å². The van der Waals surface area contributed by atoms with E-state index in [1.807, 2.05) is 35.0 Å². The number of aromatic nitrogens is 4. The second kappa shape index (κ2) is 17.2. The van der Waals surface area contributed by atoms with Gasteiger partial charge in [0.2, 0.25) is 17.7 Å². The van der Waals surface area contributed by atoms with Crippen LogP contribution < -0.4 is 21.3 Å². The molecule has 5 aromatic rings. The Kier molecular flexibility index (Phi) is 11.5. The number of unbranched alkanes of at least 4 members (excludes halogenated alkanes) is 3. The van der Waals surface area contributed by atoms with Crippen LogP contribution in [0.4, 0.5) is 11.4 Å². The number of carbonyl (C=O) groups is 6. The number of hydrogen-bond acceptors (Lipinski definition) is 10. The van der Waals surface area contributed by atoms with Crippen LogP contribution >= 0.6 is 0 Å². The Morgan fingerprint density at radius 3 is 2.63 bits per heavy atom. The highest BCUT2D eigenvalue weighted by molar-refractivity contribution is 6.25. The number of hydrogen-bond donors (Lipinski definition) is 5. The normalized spacial score (nSPS) is 18.2. The largest absolute Gasteiger partial charge is 0.384 e. The molecule has 3 aromatic carbocycles. The number of amides is 6. The molecule has 0 radical (unpaired) electrons. The number of nitrogens with one attached hydrogen (secondary N) is 5. The predicted molar refractivity (Wildman–Crippen MR) is 221 cm³/mol. The number of aromatic amines is 1. The first-order chi connectivity index (χ1) is 28.6. The van der Waals surface area contributed by atoms with Crippen LogP contribution in [-0.2, 0) is 27.5 Å². The summed E-state index contributed by atoms with van der Waals surface area (Å²) in [5, 5.41) is 16.8. The van der Waals surface area contributed by atoms with Gasteiger partial charge in [-0.25, -0.2) is 4.98 Å². The van der Waals surface area contributed by atoms with Crippen molar-refractivity contribution in [1.82, 2.24) is 40.2 Å².